The fraction of sp³-hybridized carbons (Fsp3) is 0.167. The number of amides is 1. The van der Waals surface area contributed by atoms with Gasteiger partial charge in [0.25, 0.3) is 5.91 Å². The number of nitro benzene ring substituents is 1. The molecule has 1 amide bonds. The first-order chi connectivity index (χ1) is 9.58. The van der Waals surface area contributed by atoms with Crippen molar-refractivity contribution in [1.82, 2.24) is 15.3 Å². The summed E-state index contributed by atoms with van der Waals surface area (Å²) in [5.74, 6) is -1.46. The first kappa shape index (κ1) is 13.7. The van der Waals surface area contributed by atoms with E-state index in [1.165, 1.54) is 12.4 Å². The zero-order valence-corrected chi connectivity index (χ0v) is 10.3. The Bertz CT molecular complexity index is 628. The molecule has 2 rings (SSSR count). The monoisotopic (exact) mass is 278 g/mol. The van der Waals surface area contributed by atoms with Crippen molar-refractivity contribution in [2.24, 2.45) is 0 Å². The minimum atomic E-state index is -0.969. The number of nitro groups is 1. The maximum absolute atomic E-state index is 13.1. The molecule has 0 fully saturated rings. The van der Waals surface area contributed by atoms with Crippen LogP contribution in [-0.4, -0.2) is 27.3 Å². The molecule has 8 heteroatoms. The van der Waals surface area contributed by atoms with E-state index in [1.54, 1.807) is 6.20 Å². The molecule has 0 saturated carbocycles. The number of halogens is 1. The van der Waals surface area contributed by atoms with Crippen molar-refractivity contribution in [2.45, 2.75) is 6.42 Å². The van der Waals surface area contributed by atoms with Crippen LogP contribution in [0.3, 0.4) is 0 Å². The normalized spacial score (nSPS) is 10.2. The van der Waals surface area contributed by atoms with E-state index in [0.717, 1.165) is 17.8 Å². The van der Waals surface area contributed by atoms with Crippen molar-refractivity contribution >= 4 is 11.6 Å². The average molecular weight is 278 g/mol. The van der Waals surface area contributed by atoms with Crippen molar-refractivity contribution in [1.29, 1.82) is 0 Å². The van der Waals surface area contributed by atoms with Gasteiger partial charge in [0.2, 0.25) is 5.82 Å². The predicted molar refractivity (Wildman–Crippen MR) is 67.7 cm³/mol. The number of carbonyl (C=O) groups is 1. The number of nitrogens with one attached hydrogen (secondary N) is 2. The van der Waals surface area contributed by atoms with E-state index in [1.807, 2.05) is 0 Å². The lowest BCUT2D eigenvalue weighted by Gasteiger charge is -2.04. The van der Waals surface area contributed by atoms with Crippen LogP contribution in [0.15, 0.2) is 30.7 Å². The van der Waals surface area contributed by atoms with E-state index in [4.69, 9.17) is 0 Å². The Hall–Kier alpha value is -2.77. The summed E-state index contributed by atoms with van der Waals surface area (Å²) in [6.45, 7) is 0.339. The van der Waals surface area contributed by atoms with E-state index in [-0.39, 0.29) is 5.56 Å². The van der Waals surface area contributed by atoms with Gasteiger partial charge in [0.1, 0.15) is 0 Å². The maximum Gasteiger partial charge on any atom is 0.305 e. The van der Waals surface area contributed by atoms with Crippen LogP contribution in [0.5, 0.6) is 0 Å². The molecular formula is C12H11FN4O3. The van der Waals surface area contributed by atoms with Gasteiger partial charge < -0.3 is 10.3 Å². The second-order valence-electron chi connectivity index (χ2n) is 4.01. The van der Waals surface area contributed by atoms with Gasteiger partial charge in [0, 0.05) is 36.5 Å². The topological polar surface area (TPSA) is 101 Å². The Morgan fingerprint density at radius 1 is 1.50 bits per heavy atom. The highest BCUT2D eigenvalue weighted by Crippen LogP contribution is 2.18. The number of imidazole rings is 1. The van der Waals surface area contributed by atoms with Gasteiger partial charge in [0.05, 0.1) is 11.3 Å². The second-order valence-corrected chi connectivity index (χ2v) is 4.01. The predicted octanol–water partition coefficient (Wildman–Crippen LogP) is 1.43. The molecule has 2 aromatic rings. The molecule has 0 bridgehead atoms. The van der Waals surface area contributed by atoms with Crippen molar-refractivity contribution in [3.8, 4) is 0 Å². The van der Waals surface area contributed by atoms with Gasteiger partial charge >= 0.3 is 5.69 Å². The highest BCUT2D eigenvalue weighted by molar-refractivity contribution is 5.94. The number of H-pyrrole nitrogens is 1. The quantitative estimate of drug-likeness (QED) is 0.638. The van der Waals surface area contributed by atoms with Gasteiger partial charge in [0.15, 0.2) is 0 Å². The maximum atomic E-state index is 13.1. The highest BCUT2D eigenvalue weighted by Gasteiger charge is 2.17. The molecule has 0 radical (unpaired) electrons. The molecule has 0 spiro atoms. The molecule has 0 atom stereocenters. The smallest absolute Gasteiger partial charge is 0.305 e. The van der Waals surface area contributed by atoms with Gasteiger partial charge in [-0.25, -0.2) is 4.98 Å². The Kier molecular flexibility index (Phi) is 4.04. The van der Waals surface area contributed by atoms with Crippen LogP contribution in [0.2, 0.25) is 0 Å². The SMILES string of the molecule is O=C(NCCc1cnc[nH]1)c1ccc(F)c([N+](=O)[O-])c1. The first-order valence-corrected chi connectivity index (χ1v) is 5.77. The summed E-state index contributed by atoms with van der Waals surface area (Å²) in [6.07, 6.45) is 3.71. The van der Waals surface area contributed by atoms with Crippen LogP contribution in [0.25, 0.3) is 0 Å². The number of benzene rings is 1. The van der Waals surface area contributed by atoms with Crippen LogP contribution >= 0.6 is 0 Å². The standard InChI is InChI=1S/C12H11FN4O3/c13-10-2-1-8(5-11(10)17(19)20)12(18)15-4-3-9-6-14-7-16-9/h1-2,5-7H,3-4H2,(H,14,16)(H,15,18). The third kappa shape index (κ3) is 3.16. The third-order valence-corrected chi connectivity index (χ3v) is 2.64. The molecule has 0 aliphatic carbocycles. The zero-order chi connectivity index (χ0) is 14.5. The summed E-state index contributed by atoms with van der Waals surface area (Å²) in [5.41, 5.74) is 0.185. The summed E-state index contributed by atoms with van der Waals surface area (Å²) in [7, 11) is 0. The zero-order valence-electron chi connectivity index (χ0n) is 10.3. The minimum absolute atomic E-state index is 0.0442. The number of rotatable bonds is 5. The molecule has 20 heavy (non-hydrogen) atoms. The van der Waals surface area contributed by atoms with Crippen LogP contribution in [0.1, 0.15) is 16.1 Å². The molecule has 104 valence electrons. The van der Waals surface area contributed by atoms with Crippen molar-refractivity contribution in [3.63, 3.8) is 0 Å². The lowest BCUT2D eigenvalue weighted by molar-refractivity contribution is -0.387. The van der Waals surface area contributed by atoms with Crippen molar-refractivity contribution < 1.29 is 14.1 Å². The van der Waals surface area contributed by atoms with Gasteiger partial charge in [-0.1, -0.05) is 0 Å². The van der Waals surface area contributed by atoms with Crippen LogP contribution in [0, 0.1) is 15.9 Å². The van der Waals surface area contributed by atoms with E-state index in [2.05, 4.69) is 15.3 Å². The fourth-order valence-electron chi connectivity index (χ4n) is 1.63. The van der Waals surface area contributed by atoms with Crippen molar-refractivity contribution in [2.75, 3.05) is 6.54 Å². The molecule has 1 aromatic heterocycles. The molecule has 0 saturated heterocycles. The number of carbonyl (C=O) groups excluding carboxylic acids is 1. The second kappa shape index (κ2) is 5.91. The third-order valence-electron chi connectivity index (χ3n) is 2.64. The lowest BCUT2D eigenvalue weighted by Crippen LogP contribution is -2.25. The van der Waals surface area contributed by atoms with Gasteiger partial charge in [-0.3, -0.25) is 14.9 Å². The number of aromatic nitrogens is 2. The molecule has 2 N–H and O–H groups in total. The number of nitrogens with zero attached hydrogens (tertiary/aromatic N) is 2. The molecule has 1 heterocycles. The summed E-state index contributed by atoms with van der Waals surface area (Å²) in [6, 6.07) is 3.02. The number of aromatic amines is 1. The summed E-state index contributed by atoms with van der Waals surface area (Å²) >= 11 is 0. The van der Waals surface area contributed by atoms with Gasteiger partial charge in [-0.05, 0) is 12.1 Å². The van der Waals surface area contributed by atoms with E-state index in [9.17, 15) is 19.3 Å². The molecule has 7 nitrogen and oxygen atoms in total. The molecular weight excluding hydrogens is 267 g/mol. The first-order valence-electron chi connectivity index (χ1n) is 5.77. The van der Waals surface area contributed by atoms with Gasteiger partial charge in [-0.2, -0.15) is 4.39 Å². The van der Waals surface area contributed by atoms with Gasteiger partial charge in [-0.15, -0.1) is 0 Å². The average Bonchev–Trinajstić information content (AvgIpc) is 2.92. The lowest BCUT2D eigenvalue weighted by atomic mass is 10.2. The van der Waals surface area contributed by atoms with Crippen LogP contribution in [-0.2, 0) is 6.42 Å². The van der Waals surface area contributed by atoms with Crippen LogP contribution in [0.4, 0.5) is 10.1 Å². The largest absolute Gasteiger partial charge is 0.352 e. The fourth-order valence-corrected chi connectivity index (χ4v) is 1.63. The number of hydrogen-bond acceptors (Lipinski definition) is 4. The Morgan fingerprint density at radius 3 is 2.95 bits per heavy atom. The summed E-state index contributed by atoms with van der Waals surface area (Å²) in [4.78, 5) is 28.2. The molecule has 0 aliphatic heterocycles. The Balaban J connectivity index is 1.98. The minimum Gasteiger partial charge on any atom is -0.352 e. The van der Waals surface area contributed by atoms with E-state index >= 15 is 0 Å². The highest BCUT2D eigenvalue weighted by atomic mass is 19.1. The Morgan fingerprint density at radius 2 is 2.30 bits per heavy atom. The molecule has 0 aliphatic rings. The molecule has 1 aromatic carbocycles. The van der Waals surface area contributed by atoms with E-state index in [0.29, 0.717) is 13.0 Å². The summed E-state index contributed by atoms with van der Waals surface area (Å²) < 4.78 is 13.1. The van der Waals surface area contributed by atoms with Crippen LogP contribution < -0.4 is 5.32 Å². The summed E-state index contributed by atoms with van der Waals surface area (Å²) in [5, 5.41) is 13.2. The Labute approximate surface area is 113 Å². The number of hydrogen-bond donors (Lipinski definition) is 2. The van der Waals surface area contributed by atoms with E-state index < -0.39 is 22.3 Å². The van der Waals surface area contributed by atoms with Crippen molar-refractivity contribution in [3.05, 3.63) is 57.9 Å². The molecule has 0 unspecified atom stereocenters.